The predicted molar refractivity (Wildman–Crippen MR) is 45.7 cm³/mol. The van der Waals surface area contributed by atoms with Crippen molar-refractivity contribution >= 4 is 11.8 Å². The molecule has 70 valence electrons. The zero-order valence-electron chi connectivity index (χ0n) is 7.92. The average Bonchev–Trinajstić information content (AvgIpc) is 2.04. The fourth-order valence-corrected chi connectivity index (χ4v) is 0.862. The van der Waals surface area contributed by atoms with Crippen molar-refractivity contribution < 1.29 is 14.3 Å². The second kappa shape index (κ2) is 5.75. The van der Waals surface area contributed by atoms with Crippen LogP contribution in [0.1, 0.15) is 33.6 Å². The first-order valence-corrected chi connectivity index (χ1v) is 4.32. The summed E-state index contributed by atoms with van der Waals surface area (Å²) in [5.74, 6) is -1.03. The molecular weight excluding hydrogens is 156 g/mol. The van der Waals surface area contributed by atoms with Crippen molar-refractivity contribution in [2.45, 2.75) is 33.6 Å². The van der Waals surface area contributed by atoms with Gasteiger partial charge in [0.2, 0.25) is 0 Å². The third-order valence-electron chi connectivity index (χ3n) is 1.62. The Morgan fingerprint density at radius 3 is 2.33 bits per heavy atom. The molecule has 1 unspecified atom stereocenters. The lowest BCUT2D eigenvalue weighted by Gasteiger charge is -2.07. The summed E-state index contributed by atoms with van der Waals surface area (Å²) >= 11 is 0. The second-order valence-electron chi connectivity index (χ2n) is 2.69. The molecule has 0 amide bonds. The van der Waals surface area contributed by atoms with Gasteiger partial charge in [-0.1, -0.05) is 6.92 Å². The Morgan fingerprint density at radius 2 is 1.92 bits per heavy atom. The summed E-state index contributed by atoms with van der Waals surface area (Å²) in [6, 6.07) is 0. The van der Waals surface area contributed by atoms with Crippen molar-refractivity contribution in [3.05, 3.63) is 0 Å². The number of hydrogen-bond donors (Lipinski definition) is 0. The van der Waals surface area contributed by atoms with Crippen molar-refractivity contribution in [3.63, 3.8) is 0 Å². The molecule has 0 fully saturated rings. The predicted octanol–water partition coefficient (Wildman–Crippen LogP) is 1.55. The first kappa shape index (κ1) is 11.1. The minimum Gasteiger partial charge on any atom is -0.465 e. The van der Waals surface area contributed by atoms with Gasteiger partial charge in [0, 0.05) is 6.42 Å². The van der Waals surface area contributed by atoms with E-state index in [0.29, 0.717) is 13.0 Å². The highest BCUT2D eigenvalue weighted by atomic mass is 16.5. The zero-order valence-corrected chi connectivity index (χ0v) is 7.92. The number of Topliss-reactive ketones (excluding diaryl/α,β-unsaturated/α-hetero) is 1. The molecule has 0 N–H and O–H groups in total. The maximum absolute atomic E-state index is 11.2. The monoisotopic (exact) mass is 172 g/mol. The van der Waals surface area contributed by atoms with E-state index in [9.17, 15) is 9.59 Å². The van der Waals surface area contributed by atoms with Crippen LogP contribution in [0.25, 0.3) is 0 Å². The first-order chi connectivity index (χ1) is 5.63. The average molecular weight is 172 g/mol. The van der Waals surface area contributed by atoms with Crippen LogP contribution in [0.15, 0.2) is 0 Å². The SMILES string of the molecule is CCCC(=O)C(C)C(=O)OCC. The van der Waals surface area contributed by atoms with E-state index < -0.39 is 11.9 Å². The maximum Gasteiger partial charge on any atom is 0.316 e. The van der Waals surface area contributed by atoms with Gasteiger partial charge < -0.3 is 4.74 Å². The molecule has 0 radical (unpaired) electrons. The first-order valence-electron chi connectivity index (χ1n) is 4.32. The highest BCUT2D eigenvalue weighted by molar-refractivity contribution is 5.98. The molecule has 0 aliphatic carbocycles. The van der Waals surface area contributed by atoms with Crippen molar-refractivity contribution in [2.24, 2.45) is 5.92 Å². The second-order valence-corrected chi connectivity index (χ2v) is 2.69. The Balaban J connectivity index is 3.91. The zero-order chi connectivity index (χ0) is 9.56. The molecule has 0 aliphatic heterocycles. The van der Waals surface area contributed by atoms with Crippen LogP contribution in [0, 0.1) is 5.92 Å². The number of ether oxygens (including phenoxy) is 1. The standard InChI is InChI=1S/C9H16O3/c1-4-6-8(10)7(3)9(11)12-5-2/h7H,4-6H2,1-3H3. The summed E-state index contributed by atoms with van der Waals surface area (Å²) in [5.41, 5.74) is 0. The highest BCUT2D eigenvalue weighted by Gasteiger charge is 2.20. The van der Waals surface area contributed by atoms with E-state index in [1.807, 2.05) is 6.92 Å². The molecular formula is C9H16O3. The molecule has 0 aromatic rings. The van der Waals surface area contributed by atoms with Gasteiger partial charge in [0.25, 0.3) is 0 Å². The normalized spacial score (nSPS) is 12.2. The third-order valence-corrected chi connectivity index (χ3v) is 1.62. The number of esters is 1. The molecule has 0 spiro atoms. The fraction of sp³-hybridized carbons (Fsp3) is 0.778. The van der Waals surface area contributed by atoms with Crippen LogP contribution in [-0.2, 0) is 14.3 Å². The fourth-order valence-electron chi connectivity index (χ4n) is 0.862. The van der Waals surface area contributed by atoms with Crippen LogP contribution < -0.4 is 0 Å². The lowest BCUT2D eigenvalue weighted by atomic mass is 10.0. The van der Waals surface area contributed by atoms with E-state index in [2.05, 4.69) is 0 Å². The minimum atomic E-state index is -0.593. The summed E-state index contributed by atoms with van der Waals surface area (Å²) in [6.07, 6.45) is 1.24. The van der Waals surface area contributed by atoms with E-state index in [1.165, 1.54) is 0 Å². The summed E-state index contributed by atoms with van der Waals surface area (Å²) < 4.78 is 4.71. The van der Waals surface area contributed by atoms with E-state index >= 15 is 0 Å². The molecule has 0 saturated heterocycles. The molecule has 3 heteroatoms. The number of carbonyl (C=O) groups is 2. The molecule has 0 heterocycles. The van der Waals surface area contributed by atoms with Gasteiger partial charge in [0.15, 0.2) is 0 Å². The Hall–Kier alpha value is -0.860. The molecule has 0 bridgehead atoms. The molecule has 3 nitrogen and oxygen atoms in total. The van der Waals surface area contributed by atoms with E-state index in [4.69, 9.17) is 4.74 Å². The Labute approximate surface area is 73.1 Å². The quantitative estimate of drug-likeness (QED) is 0.467. The van der Waals surface area contributed by atoms with Crippen LogP contribution in [0.2, 0.25) is 0 Å². The minimum absolute atomic E-state index is 0.0315. The van der Waals surface area contributed by atoms with Gasteiger partial charge in [-0.25, -0.2) is 0 Å². The molecule has 0 aliphatic rings. The topological polar surface area (TPSA) is 43.4 Å². The van der Waals surface area contributed by atoms with Crippen molar-refractivity contribution in [2.75, 3.05) is 6.61 Å². The van der Waals surface area contributed by atoms with Crippen molar-refractivity contribution in [1.82, 2.24) is 0 Å². The number of rotatable bonds is 5. The van der Waals surface area contributed by atoms with Gasteiger partial charge in [0.05, 0.1) is 6.61 Å². The van der Waals surface area contributed by atoms with Crippen LogP contribution in [0.5, 0.6) is 0 Å². The summed E-state index contributed by atoms with van der Waals surface area (Å²) in [5, 5.41) is 0. The third kappa shape index (κ3) is 3.51. The summed E-state index contributed by atoms with van der Waals surface area (Å²) in [6.45, 7) is 5.57. The van der Waals surface area contributed by atoms with Crippen LogP contribution in [0.3, 0.4) is 0 Å². The van der Waals surface area contributed by atoms with Crippen LogP contribution >= 0.6 is 0 Å². The molecule has 0 rings (SSSR count). The molecule has 12 heavy (non-hydrogen) atoms. The Bertz CT molecular complexity index is 145. The maximum atomic E-state index is 11.2. The van der Waals surface area contributed by atoms with Gasteiger partial charge in [-0.05, 0) is 20.3 Å². The molecule has 1 atom stereocenters. The number of carbonyl (C=O) groups excluding carboxylic acids is 2. The van der Waals surface area contributed by atoms with Crippen molar-refractivity contribution in [1.29, 1.82) is 0 Å². The van der Waals surface area contributed by atoms with E-state index in [0.717, 1.165) is 6.42 Å². The van der Waals surface area contributed by atoms with Gasteiger partial charge in [0.1, 0.15) is 11.7 Å². The van der Waals surface area contributed by atoms with Gasteiger partial charge in [-0.2, -0.15) is 0 Å². The lowest BCUT2D eigenvalue weighted by molar-refractivity contribution is -0.150. The molecule has 0 aromatic carbocycles. The van der Waals surface area contributed by atoms with Gasteiger partial charge in [-0.3, -0.25) is 9.59 Å². The summed E-state index contributed by atoms with van der Waals surface area (Å²) in [4.78, 5) is 22.2. The largest absolute Gasteiger partial charge is 0.465 e. The lowest BCUT2D eigenvalue weighted by Crippen LogP contribution is -2.22. The molecule has 0 aromatic heterocycles. The Morgan fingerprint density at radius 1 is 1.33 bits per heavy atom. The summed E-state index contributed by atoms with van der Waals surface area (Å²) in [7, 11) is 0. The van der Waals surface area contributed by atoms with Crippen molar-refractivity contribution in [3.8, 4) is 0 Å². The van der Waals surface area contributed by atoms with Crippen LogP contribution in [-0.4, -0.2) is 18.4 Å². The smallest absolute Gasteiger partial charge is 0.316 e. The van der Waals surface area contributed by atoms with E-state index in [1.54, 1.807) is 13.8 Å². The molecule has 0 saturated carbocycles. The highest BCUT2D eigenvalue weighted by Crippen LogP contribution is 2.05. The van der Waals surface area contributed by atoms with Crippen LogP contribution in [0.4, 0.5) is 0 Å². The van der Waals surface area contributed by atoms with Gasteiger partial charge >= 0.3 is 5.97 Å². The number of ketones is 1. The van der Waals surface area contributed by atoms with E-state index in [-0.39, 0.29) is 5.78 Å². The van der Waals surface area contributed by atoms with Gasteiger partial charge in [-0.15, -0.1) is 0 Å². The number of hydrogen-bond acceptors (Lipinski definition) is 3. The Kier molecular flexibility index (Phi) is 5.34.